The molecule has 4 fully saturated rings. The van der Waals surface area contributed by atoms with Crippen LogP contribution >= 0.6 is 0 Å². The lowest BCUT2D eigenvalue weighted by atomic mass is 10.1. The standard InChI is InChI=1S/C21H20F3N5O2.C21H21F2N5O2.C18H16F3N7O2.C18H17F2N7O2.2CH4/c1-27-8-12-9-28(11-16(12)26-27)20-15(22)7-17(18(23)19(20)24)29-10-14(31-21(29)30)5-4-13-3-2-6-25-13;1-26-9-13-10-27(12-16(13)25-26)17-6-7-18(20(23)19(17)22)28-11-15(30-21(28)29)5-4-14-3-2-8-24-14;1-25-5-10-6-26(9-13(10)23-25)17-12(19)4-14(15(20)16(17)21)28-8-11(30-18(28)29)7-27-3-2-22-24-27;1-24-6-11-7-25(10-13(11)22-24)14-2-3-15(17(20)16(14)19)27-9-12(29-18(27)28)8-26-5-4-21-23-26;;/h2-3,7-8,14H,4-6,9-11H2,1H3;2-3,6-7,9,15H,4-5,8,10-12H2,1H3;2-5,11H,6-9H2,1H3;2-6,12H,7-10H2,1H3;2*1H4/t14-;15-;11-;12-;;/m0000../s1. The number of aryl methyl sites for hydroxylation is 4. The van der Waals surface area contributed by atoms with E-state index in [2.05, 4.69) is 51.0 Å². The van der Waals surface area contributed by atoms with Crippen molar-refractivity contribution in [1.82, 2.24) is 69.1 Å². The van der Waals surface area contributed by atoms with Crippen molar-refractivity contribution < 1.29 is 82.0 Å². The molecule has 0 N–H and O–H groups in total. The normalized spacial score (nSPS) is 18.9. The van der Waals surface area contributed by atoms with Crippen molar-refractivity contribution in [1.29, 1.82) is 0 Å². The number of nitrogens with zero attached hydrogens (tertiary/aromatic N) is 24. The van der Waals surface area contributed by atoms with Crippen LogP contribution in [0.3, 0.4) is 0 Å². The molecule has 4 aromatic carbocycles. The van der Waals surface area contributed by atoms with Gasteiger partial charge < -0.3 is 38.5 Å². The SMILES string of the molecule is C.C.Cn1cc2c(n1)CN(c1c(F)cc(N3C[C@H](CCC4=NCC=C4)OC3=O)c(F)c1F)C2.Cn1cc2c(n1)CN(c1c(F)cc(N3C[C@H](Cn4ccnn4)OC3=O)c(F)c1F)C2.Cn1cc2c(n1)CN(c1ccc(N3C[C@H](CCC4=NCC=C4)OC3=O)c(F)c1F)C2.Cn1cc2c(n1)CN(c1ccc(N3C[C@H](Cn4ccnn4)OC3=O)c(F)c1F)C2. The first-order chi connectivity index (χ1) is 57.8. The molecule has 640 valence electrons. The van der Waals surface area contributed by atoms with E-state index in [1.54, 1.807) is 67.4 Å². The number of rotatable bonds is 18. The summed E-state index contributed by atoms with van der Waals surface area (Å²) in [6, 6.07) is 7.53. The van der Waals surface area contributed by atoms with Crippen LogP contribution in [0.2, 0.25) is 0 Å². The number of ether oxygens (including phenoxy) is 4. The number of carbonyl (C=O) groups excluding carboxylic acids is 4. The highest BCUT2D eigenvalue weighted by molar-refractivity contribution is 5.98. The van der Waals surface area contributed by atoms with Gasteiger partial charge in [0.25, 0.3) is 0 Å². The van der Waals surface area contributed by atoms with Gasteiger partial charge >= 0.3 is 24.4 Å². The highest BCUT2D eigenvalue weighted by Gasteiger charge is 2.43. The number of hydrogen-bond acceptors (Lipinski definition) is 22. The van der Waals surface area contributed by atoms with Gasteiger partial charge in [0.2, 0.25) is 0 Å². The average Bonchev–Trinajstić information content (AvgIpc) is 1.72. The number of benzene rings is 4. The summed E-state index contributed by atoms with van der Waals surface area (Å²) >= 11 is 0. The van der Waals surface area contributed by atoms with Gasteiger partial charge in [-0.2, -0.15) is 20.4 Å². The molecule has 10 aliphatic rings. The number of fused-ring (bicyclic) bond motifs is 4. The third-order valence-corrected chi connectivity index (χ3v) is 21.7. The second kappa shape index (κ2) is 34.3. The fourth-order valence-electron chi connectivity index (χ4n) is 16.1. The molecule has 16 heterocycles. The van der Waals surface area contributed by atoms with Crippen LogP contribution in [-0.2, 0) is 113 Å². The Labute approximate surface area is 690 Å². The van der Waals surface area contributed by atoms with Gasteiger partial charge in [0.15, 0.2) is 58.2 Å². The molecule has 20 rings (SSSR count). The fraction of sp³-hybridized carbons (Fsp3) is 0.375. The number of aliphatic imine (C=N–C) groups is 2. The van der Waals surface area contributed by atoms with E-state index in [0.29, 0.717) is 76.3 Å². The van der Waals surface area contributed by atoms with Gasteiger partial charge in [-0.1, -0.05) is 37.4 Å². The summed E-state index contributed by atoms with van der Waals surface area (Å²) in [6.45, 7) is 4.51. The van der Waals surface area contributed by atoms with Gasteiger partial charge in [-0.05, 0) is 62.1 Å². The molecule has 0 bridgehead atoms. The van der Waals surface area contributed by atoms with Crippen molar-refractivity contribution in [2.24, 2.45) is 38.2 Å². The van der Waals surface area contributed by atoms with Crippen LogP contribution in [-0.4, -0.2) is 169 Å². The maximum atomic E-state index is 14.9. The lowest BCUT2D eigenvalue weighted by Crippen LogP contribution is -2.28. The third-order valence-electron chi connectivity index (χ3n) is 21.7. The summed E-state index contributed by atoms with van der Waals surface area (Å²) in [4.78, 5) is 67.9. The highest BCUT2D eigenvalue weighted by Crippen LogP contribution is 2.43. The average molecular weight is 1700 g/mol. The van der Waals surface area contributed by atoms with Gasteiger partial charge in [-0.25, -0.2) is 72.4 Å². The van der Waals surface area contributed by atoms with Crippen molar-refractivity contribution in [3.63, 3.8) is 0 Å². The summed E-state index contributed by atoms with van der Waals surface area (Å²) in [5.74, 6) is -11.3. The van der Waals surface area contributed by atoms with E-state index in [0.717, 1.165) is 71.9 Å². The number of halogens is 10. The molecule has 0 aliphatic carbocycles. The van der Waals surface area contributed by atoms with E-state index in [1.807, 2.05) is 50.8 Å². The fourth-order valence-corrected chi connectivity index (χ4v) is 16.1. The summed E-state index contributed by atoms with van der Waals surface area (Å²) in [5, 5.41) is 32.1. The predicted molar refractivity (Wildman–Crippen MR) is 423 cm³/mol. The zero-order valence-corrected chi connectivity index (χ0v) is 64.6. The minimum Gasteiger partial charge on any atom is -0.444 e. The zero-order chi connectivity index (χ0) is 83.6. The van der Waals surface area contributed by atoms with E-state index in [9.17, 15) is 63.1 Å². The lowest BCUT2D eigenvalue weighted by Gasteiger charge is -2.22. The first-order valence-electron chi connectivity index (χ1n) is 38.2. The van der Waals surface area contributed by atoms with Crippen LogP contribution in [0.5, 0.6) is 0 Å². The Balaban J connectivity index is 0.000000126. The molecule has 0 radical (unpaired) electrons. The number of carbonyl (C=O) groups is 4. The van der Waals surface area contributed by atoms with Crippen LogP contribution in [0.4, 0.5) is 109 Å². The van der Waals surface area contributed by atoms with E-state index in [-0.39, 0.29) is 109 Å². The summed E-state index contributed by atoms with van der Waals surface area (Å²) in [5.41, 5.74) is 6.72. The molecule has 0 unspecified atom stereocenters. The monoisotopic (exact) mass is 1700 g/mol. The smallest absolute Gasteiger partial charge is 0.414 e. The highest BCUT2D eigenvalue weighted by atomic mass is 19.2. The molecule has 0 spiro atoms. The molecule has 10 aromatic rings. The van der Waals surface area contributed by atoms with Gasteiger partial charge in [0.05, 0.1) is 148 Å². The number of allylic oxidation sites excluding steroid dienone is 2. The Hall–Kier alpha value is -13.6. The zero-order valence-electron chi connectivity index (χ0n) is 64.6. The molecule has 42 heteroatoms. The second-order valence-corrected chi connectivity index (χ2v) is 30.0. The van der Waals surface area contributed by atoms with Crippen LogP contribution < -0.4 is 39.2 Å². The van der Waals surface area contributed by atoms with Crippen molar-refractivity contribution in [3.05, 3.63) is 213 Å². The van der Waals surface area contributed by atoms with Gasteiger partial charge in [0, 0.05) is 137 Å². The molecule has 10 aliphatic heterocycles. The minimum absolute atomic E-state index is 0. The van der Waals surface area contributed by atoms with Crippen molar-refractivity contribution in [2.75, 3.05) is 78.5 Å². The van der Waals surface area contributed by atoms with Crippen molar-refractivity contribution in [2.45, 2.75) is 130 Å². The Kier molecular flexibility index (Phi) is 23.4. The molecule has 32 nitrogen and oxygen atoms in total. The molecule has 4 atom stereocenters. The third kappa shape index (κ3) is 16.7. The Morgan fingerprint density at radius 2 is 0.680 bits per heavy atom. The molecular formula is C80H82F10N24O8. The minimum atomic E-state index is -1.35. The second-order valence-electron chi connectivity index (χ2n) is 30.0. The molecular weight excluding hydrogens is 1620 g/mol. The molecule has 122 heavy (non-hydrogen) atoms. The van der Waals surface area contributed by atoms with E-state index in [1.165, 1.54) is 60.7 Å². The summed E-state index contributed by atoms with van der Waals surface area (Å²) in [7, 11) is 7.17. The molecule has 6 aromatic heterocycles. The van der Waals surface area contributed by atoms with Gasteiger partial charge in [-0.3, -0.25) is 48.3 Å². The van der Waals surface area contributed by atoms with Crippen molar-refractivity contribution in [3.8, 4) is 0 Å². The van der Waals surface area contributed by atoms with E-state index < -0.39 is 124 Å². The Bertz CT molecular complexity index is 5720. The van der Waals surface area contributed by atoms with E-state index in [4.69, 9.17) is 18.9 Å². The molecule has 0 saturated carbocycles. The lowest BCUT2D eigenvalue weighted by molar-refractivity contribution is 0.128. The first-order valence-corrected chi connectivity index (χ1v) is 38.2. The molecule has 4 saturated heterocycles. The summed E-state index contributed by atoms with van der Waals surface area (Å²) < 4.78 is 180. The maximum absolute atomic E-state index is 14.9. The quantitative estimate of drug-likeness (QED) is 0.0438. The maximum Gasteiger partial charge on any atom is 0.414 e. The number of hydrogen-bond donors (Lipinski definition) is 0. The van der Waals surface area contributed by atoms with Crippen molar-refractivity contribution >= 4 is 81.3 Å². The van der Waals surface area contributed by atoms with Gasteiger partial charge in [0.1, 0.15) is 35.8 Å². The van der Waals surface area contributed by atoms with Crippen LogP contribution in [0.15, 0.2) is 120 Å². The number of anilines is 8. The predicted octanol–water partition coefficient (Wildman–Crippen LogP) is 11.9. The van der Waals surface area contributed by atoms with Crippen LogP contribution in [0.1, 0.15) is 85.6 Å². The Morgan fingerprint density at radius 3 is 1.01 bits per heavy atom. The number of amides is 4. The van der Waals surface area contributed by atoms with Gasteiger partial charge in [-0.15, -0.1) is 10.2 Å². The topological polar surface area (TPSA) is 289 Å². The number of aromatic nitrogens is 14. The first kappa shape index (κ1) is 83.5. The molecule has 4 amide bonds. The number of cyclic esters (lactones) is 4. The van der Waals surface area contributed by atoms with Crippen LogP contribution in [0, 0.1) is 58.2 Å². The van der Waals surface area contributed by atoms with Crippen LogP contribution in [0.25, 0.3) is 0 Å². The van der Waals surface area contributed by atoms with E-state index >= 15 is 0 Å². The summed E-state index contributed by atoms with van der Waals surface area (Å²) in [6.07, 6.45) is 18.4. The largest absolute Gasteiger partial charge is 0.444 e. The Morgan fingerprint density at radius 1 is 0.377 bits per heavy atom.